The molecule has 8 heteroatoms. The van der Waals surface area contributed by atoms with Gasteiger partial charge >= 0.3 is 0 Å². The van der Waals surface area contributed by atoms with Crippen LogP contribution in [0.5, 0.6) is 0 Å². The lowest BCUT2D eigenvalue weighted by Gasteiger charge is -2.18. The van der Waals surface area contributed by atoms with Gasteiger partial charge in [-0.1, -0.05) is 12.1 Å². The molecule has 0 N–H and O–H groups in total. The normalized spacial score (nSPS) is 11.2. The van der Waals surface area contributed by atoms with Gasteiger partial charge in [-0.05, 0) is 37.6 Å². The minimum absolute atomic E-state index is 0.344. The Bertz CT molecular complexity index is 1070. The fraction of sp³-hybridized carbons (Fsp3) is 0.263. The maximum Gasteiger partial charge on any atom is 0.188 e. The third-order valence-electron chi connectivity index (χ3n) is 4.57. The molecule has 0 bridgehead atoms. The van der Waals surface area contributed by atoms with Gasteiger partial charge in [0.2, 0.25) is 0 Å². The molecule has 0 aliphatic rings. The van der Waals surface area contributed by atoms with Gasteiger partial charge in [-0.25, -0.2) is 9.37 Å². The van der Waals surface area contributed by atoms with E-state index in [0.717, 1.165) is 31.2 Å². The van der Waals surface area contributed by atoms with Crippen molar-refractivity contribution in [1.29, 1.82) is 0 Å². The molecule has 0 saturated heterocycles. The third-order valence-corrected chi connectivity index (χ3v) is 4.57. The SMILES string of the molecule is Cc1nccn1CCCN(C)c1ccc2nnc(-c3ccccc3F)n2n1. The Morgan fingerprint density at radius 3 is 2.74 bits per heavy atom. The zero-order valence-corrected chi connectivity index (χ0v) is 15.2. The lowest BCUT2D eigenvalue weighted by atomic mass is 10.2. The minimum Gasteiger partial charge on any atom is -0.358 e. The van der Waals surface area contributed by atoms with Crippen molar-refractivity contribution < 1.29 is 4.39 Å². The molecule has 3 aromatic heterocycles. The minimum atomic E-state index is -0.344. The van der Waals surface area contributed by atoms with Crippen LogP contribution in [0.4, 0.5) is 10.2 Å². The van der Waals surface area contributed by atoms with E-state index in [1.807, 2.05) is 38.5 Å². The summed E-state index contributed by atoms with van der Waals surface area (Å²) >= 11 is 0. The molecule has 0 spiro atoms. The molecule has 1 aromatic carbocycles. The molecular weight excluding hydrogens is 345 g/mol. The van der Waals surface area contributed by atoms with E-state index in [-0.39, 0.29) is 5.82 Å². The van der Waals surface area contributed by atoms with Gasteiger partial charge < -0.3 is 9.47 Å². The number of nitrogens with zero attached hydrogens (tertiary/aromatic N) is 7. The number of rotatable bonds is 6. The van der Waals surface area contributed by atoms with Crippen molar-refractivity contribution >= 4 is 11.5 Å². The molecular formula is C19H20FN7. The van der Waals surface area contributed by atoms with Gasteiger partial charge in [0.1, 0.15) is 17.5 Å². The quantitative estimate of drug-likeness (QED) is 0.526. The van der Waals surface area contributed by atoms with Gasteiger partial charge in [0, 0.05) is 32.5 Å². The Morgan fingerprint density at radius 1 is 1.11 bits per heavy atom. The van der Waals surface area contributed by atoms with Crippen molar-refractivity contribution in [3.63, 3.8) is 0 Å². The first-order chi connectivity index (χ1) is 13.1. The molecule has 27 heavy (non-hydrogen) atoms. The maximum atomic E-state index is 14.1. The van der Waals surface area contributed by atoms with Gasteiger partial charge in [0.15, 0.2) is 11.5 Å². The van der Waals surface area contributed by atoms with Gasteiger partial charge in [-0.15, -0.1) is 15.3 Å². The fourth-order valence-electron chi connectivity index (χ4n) is 3.03. The highest BCUT2D eigenvalue weighted by molar-refractivity contribution is 5.60. The summed E-state index contributed by atoms with van der Waals surface area (Å²) < 4.78 is 17.9. The number of halogens is 1. The van der Waals surface area contributed by atoms with Gasteiger partial charge in [0.05, 0.1) is 5.56 Å². The Kier molecular flexibility index (Phi) is 4.53. The second-order valence-electron chi connectivity index (χ2n) is 6.41. The van der Waals surface area contributed by atoms with Crippen LogP contribution in [0.3, 0.4) is 0 Å². The highest BCUT2D eigenvalue weighted by Crippen LogP contribution is 2.22. The van der Waals surface area contributed by atoms with Crippen molar-refractivity contribution in [3.8, 4) is 11.4 Å². The lowest BCUT2D eigenvalue weighted by Crippen LogP contribution is -2.22. The average Bonchev–Trinajstić information content (AvgIpc) is 3.28. The summed E-state index contributed by atoms with van der Waals surface area (Å²) in [7, 11) is 1.99. The molecule has 0 atom stereocenters. The molecule has 0 radical (unpaired) electrons. The summed E-state index contributed by atoms with van der Waals surface area (Å²) in [6.07, 6.45) is 4.75. The summed E-state index contributed by atoms with van der Waals surface area (Å²) in [6, 6.07) is 10.2. The van der Waals surface area contributed by atoms with Crippen molar-refractivity contribution in [1.82, 2.24) is 29.4 Å². The highest BCUT2D eigenvalue weighted by atomic mass is 19.1. The highest BCUT2D eigenvalue weighted by Gasteiger charge is 2.14. The number of aryl methyl sites for hydroxylation is 2. The second-order valence-corrected chi connectivity index (χ2v) is 6.41. The first kappa shape index (κ1) is 17.1. The molecule has 0 fully saturated rings. The van der Waals surface area contributed by atoms with E-state index in [9.17, 15) is 4.39 Å². The van der Waals surface area contributed by atoms with Crippen LogP contribution in [0.2, 0.25) is 0 Å². The number of benzene rings is 1. The predicted octanol–water partition coefficient (Wildman–Crippen LogP) is 2.96. The maximum absolute atomic E-state index is 14.1. The number of hydrogen-bond acceptors (Lipinski definition) is 5. The number of aromatic nitrogens is 6. The molecule has 0 saturated carbocycles. The number of imidazole rings is 1. The largest absolute Gasteiger partial charge is 0.358 e. The Morgan fingerprint density at radius 2 is 1.96 bits per heavy atom. The van der Waals surface area contributed by atoms with E-state index in [2.05, 4.69) is 29.7 Å². The topological polar surface area (TPSA) is 64.1 Å². The van der Waals surface area contributed by atoms with Crippen molar-refractivity contribution in [2.24, 2.45) is 0 Å². The van der Waals surface area contributed by atoms with E-state index in [1.165, 1.54) is 6.07 Å². The van der Waals surface area contributed by atoms with Crippen LogP contribution in [0.15, 0.2) is 48.8 Å². The van der Waals surface area contributed by atoms with Crippen molar-refractivity contribution in [2.45, 2.75) is 19.9 Å². The van der Waals surface area contributed by atoms with Crippen molar-refractivity contribution in [3.05, 3.63) is 60.4 Å². The van der Waals surface area contributed by atoms with E-state index in [0.29, 0.717) is 17.0 Å². The molecule has 0 aliphatic heterocycles. The first-order valence-corrected chi connectivity index (χ1v) is 8.80. The van der Waals surface area contributed by atoms with Crippen LogP contribution in [0, 0.1) is 12.7 Å². The molecule has 0 unspecified atom stereocenters. The summed E-state index contributed by atoms with van der Waals surface area (Å²) in [6.45, 7) is 3.72. The standard InChI is InChI=1S/C19H20FN7/c1-14-21-10-13-26(14)12-5-11-25(2)18-9-8-17-22-23-19(27(17)24-18)15-6-3-4-7-16(15)20/h3-4,6-10,13H,5,11-12H2,1-2H3. The van der Waals surface area contributed by atoms with Gasteiger partial charge in [0.25, 0.3) is 0 Å². The fourth-order valence-corrected chi connectivity index (χ4v) is 3.03. The first-order valence-electron chi connectivity index (χ1n) is 8.80. The monoisotopic (exact) mass is 365 g/mol. The average molecular weight is 365 g/mol. The molecule has 138 valence electrons. The van der Waals surface area contributed by atoms with Crippen LogP contribution in [-0.2, 0) is 6.54 Å². The molecule has 0 aliphatic carbocycles. The third kappa shape index (κ3) is 3.38. The Balaban J connectivity index is 1.55. The molecule has 7 nitrogen and oxygen atoms in total. The van der Waals surface area contributed by atoms with Crippen LogP contribution < -0.4 is 4.90 Å². The smallest absolute Gasteiger partial charge is 0.188 e. The Labute approximate surface area is 156 Å². The summed E-state index contributed by atoms with van der Waals surface area (Å²) in [4.78, 5) is 6.30. The molecule has 4 aromatic rings. The Hall–Kier alpha value is -3.29. The van der Waals surface area contributed by atoms with Gasteiger partial charge in [-0.3, -0.25) is 0 Å². The predicted molar refractivity (Wildman–Crippen MR) is 101 cm³/mol. The zero-order valence-electron chi connectivity index (χ0n) is 15.2. The summed E-state index contributed by atoms with van der Waals surface area (Å²) in [5.74, 6) is 1.84. The van der Waals surface area contributed by atoms with E-state index in [4.69, 9.17) is 0 Å². The second kappa shape index (κ2) is 7.14. The number of hydrogen-bond donors (Lipinski definition) is 0. The van der Waals surface area contributed by atoms with Crippen molar-refractivity contribution in [2.75, 3.05) is 18.5 Å². The number of fused-ring (bicyclic) bond motifs is 1. The van der Waals surface area contributed by atoms with Gasteiger partial charge in [-0.2, -0.15) is 4.52 Å². The van der Waals surface area contributed by atoms with Crippen LogP contribution in [0.1, 0.15) is 12.2 Å². The molecule has 0 amide bonds. The summed E-state index contributed by atoms with van der Waals surface area (Å²) in [5.41, 5.74) is 0.965. The molecule has 4 rings (SSSR count). The van der Waals surface area contributed by atoms with Crippen LogP contribution in [-0.4, -0.2) is 43.0 Å². The van der Waals surface area contributed by atoms with E-state index < -0.39 is 0 Å². The zero-order chi connectivity index (χ0) is 18.8. The number of anilines is 1. The van der Waals surface area contributed by atoms with E-state index in [1.54, 1.807) is 22.7 Å². The lowest BCUT2D eigenvalue weighted by molar-refractivity contribution is 0.619. The molecule has 3 heterocycles. The summed E-state index contributed by atoms with van der Waals surface area (Å²) in [5, 5.41) is 12.8. The van der Waals surface area contributed by atoms with E-state index >= 15 is 0 Å². The van der Waals surface area contributed by atoms with Crippen LogP contribution >= 0.6 is 0 Å². The van der Waals surface area contributed by atoms with Crippen LogP contribution in [0.25, 0.3) is 17.0 Å².